The van der Waals surface area contributed by atoms with E-state index >= 15 is 0 Å². The number of hydrogen-bond donors (Lipinski definition) is 1. The van der Waals surface area contributed by atoms with Gasteiger partial charge >= 0.3 is 0 Å². The van der Waals surface area contributed by atoms with E-state index in [1.54, 1.807) is 0 Å². The molecule has 20 heavy (non-hydrogen) atoms. The third kappa shape index (κ3) is 3.36. The first-order valence-corrected chi connectivity index (χ1v) is 6.78. The Hall–Kier alpha value is -1.88. The molecule has 1 atom stereocenters. The van der Waals surface area contributed by atoms with Crippen LogP contribution < -0.4 is 10.5 Å². The molecule has 0 fully saturated rings. The van der Waals surface area contributed by atoms with Crippen LogP contribution in [0.1, 0.15) is 55.6 Å². The monoisotopic (exact) mass is 275 g/mol. The Kier molecular flexibility index (Phi) is 4.39. The fraction of sp³-hybridized carbons (Fsp3) is 0.467. The Bertz CT molecular complexity index is 576. The number of hydrogen-bond acceptors (Lipinski definition) is 5. The van der Waals surface area contributed by atoms with Crippen molar-refractivity contribution in [3.05, 3.63) is 41.0 Å². The molecule has 0 radical (unpaired) electrons. The second kappa shape index (κ2) is 6.05. The highest BCUT2D eigenvalue weighted by Crippen LogP contribution is 2.26. The van der Waals surface area contributed by atoms with Gasteiger partial charge in [0.2, 0.25) is 0 Å². The second-order valence-corrected chi connectivity index (χ2v) is 5.32. The lowest BCUT2D eigenvalue weighted by molar-refractivity contribution is 0.239. The van der Waals surface area contributed by atoms with Crippen molar-refractivity contribution in [1.82, 2.24) is 10.1 Å². The van der Waals surface area contributed by atoms with Crippen LogP contribution in [0.25, 0.3) is 0 Å². The van der Waals surface area contributed by atoms with E-state index in [-0.39, 0.29) is 18.6 Å². The van der Waals surface area contributed by atoms with Crippen molar-refractivity contribution >= 4 is 0 Å². The molecule has 1 aromatic heterocycles. The molecule has 1 heterocycles. The van der Waals surface area contributed by atoms with Gasteiger partial charge in [-0.05, 0) is 25.5 Å². The minimum absolute atomic E-state index is 0.0838. The van der Waals surface area contributed by atoms with Crippen LogP contribution in [0.15, 0.2) is 22.7 Å². The van der Waals surface area contributed by atoms with Crippen LogP contribution >= 0.6 is 0 Å². The Morgan fingerprint density at radius 3 is 2.65 bits per heavy atom. The van der Waals surface area contributed by atoms with Gasteiger partial charge in [0, 0.05) is 17.5 Å². The van der Waals surface area contributed by atoms with Crippen LogP contribution in [-0.4, -0.2) is 10.1 Å². The largest absolute Gasteiger partial charge is 0.483 e. The van der Waals surface area contributed by atoms with Crippen LogP contribution in [0.5, 0.6) is 5.75 Å². The minimum atomic E-state index is -0.0838. The van der Waals surface area contributed by atoms with E-state index in [0.717, 1.165) is 16.9 Å². The van der Waals surface area contributed by atoms with Gasteiger partial charge in [0.05, 0.1) is 0 Å². The Labute approximate surface area is 119 Å². The molecule has 0 saturated heterocycles. The summed E-state index contributed by atoms with van der Waals surface area (Å²) in [6.45, 7) is 8.24. The third-order valence-electron chi connectivity index (χ3n) is 3.01. The zero-order valence-electron chi connectivity index (χ0n) is 12.4. The van der Waals surface area contributed by atoms with Crippen LogP contribution in [-0.2, 0) is 6.61 Å². The number of ether oxygens (including phenoxy) is 1. The van der Waals surface area contributed by atoms with E-state index in [0.29, 0.717) is 11.7 Å². The average Bonchev–Trinajstić information content (AvgIpc) is 2.85. The molecule has 0 unspecified atom stereocenters. The number of nitrogens with two attached hydrogens (primary N) is 1. The molecule has 0 amide bonds. The summed E-state index contributed by atoms with van der Waals surface area (Å²) >= 11 is 0. The van der Waals surface area contributed by atoms with Crippen LogP contribution in [0.4, 0.5) is 0 Å². The van der Waals surface area contributed by atoms with Crippen molar-refractivity contribution < 1.29 is 9.26 Å². The molecule has 5 nitrogen and oxygen atoms in total. The zero-order chi connectivity index (χ0) is 14.7. The molecule has 0 bridgehead atoms. The van der Waals surface area contributed by atoms with E-state index in [1.165, 1.54) is 0 Å². The molecular weight excluding hydrogens is 254 g/mol. The highest BCUT2D eigenvalue weighted by molar-refractivity contribution is 5.38. The predicted octanol–water partition coefficient (Wildman–Crippen LogP) is 3.10. The first kappa shape index (κ1) is 14.5. The lowest BCUT2D eigenvalue weighted by Gasteiger charge is -2.13. The summed E-state index contributed by atoms with van der Waals surface area (Å²) in [6, 6.07) is 5.90. The first-order valence-electron chi connectivity index (χ1n) is 6.78. The van der Waals surface area contributed by atoms with Crippen molar-refractivity contribution in [2.45, 2.75) is 46.3 Å². The molecule has 0 saturated carbocycles. The van der Waals surface area contributed by atoms with Gasteiger partial charge in [-0.15, -0.1) is 0 Å². The Balaban J connectivity index is 2.11. The minimum Gasteiger partial charge on any atom is -0.483 e. The molecule has 2 rings (SSSR count). The maximum absolute atomic E-state index is 5.95. The fourth-order valence-corrected chi connectivity index (χ4v) is 1.84. The van der Waals surface area contributed by atoms with Crippen molar-refractivity contribution in [3.8, 4) is 5.75 Å². The zero-order valence-corrected chi connectivity index (χ0v) is 12.4. The predicted molar refractivity (Wildman–Crippen MR) is 76.5 cm³/mol. The summed E-state index contributed by atoms with van der Waals surface area (Å²) in [6.07, 6.45) is 0. The second-order valence-electron chi connectivity index (χ2n) is 5.32. The van der Waals surface area contributed by atoms with Crippen LogP contribution in [0.3, 0.4) is 0 Å². The molecule has 0 spiro atoms. The quantitative estimate of drug-likeness (QED) is 0.907. The summed E-state index contributed by atoms with van der Waals surface area (Å²) in [5.41, 5.74) is 8.04. The van der Waals surface area contributed by atoms with Gasteiger partial charge in [-0.3, -0.25) is 0 Å². The van der Waals surface area contributed by atoms with Gasteiger partial charge in [-0.25, -0.2) is 0 Å². The highest BCUT2D eigenvalue weighted by atomic mass is 16.5. The van der Waals surface area contributed by atoms with Crippen molar-refractivity contribution in [3.63, 3.8) is 0 Å². The molecule has 5 heteroatoms. The molecule has 2 aromatic rings. The SMILES string of the molecule is Cc1ccc([C@H](C)N)c(OCc2nc(C(C)C)no2)c1. The maximum Gasteiger partial charge on any atom is 0.264 e. The van der Waals surface area contributed by atoms with Gasteiger partial charge in [0.25, 0.3) is 5.89 Å². The lowest BCUT2D eigenvalue weighted by Crippen LogP contribution is -2.08. The fourth-order valence-electron chi connectivity index (χ4n) is 1.84. The van der Waals surface area contributed by atoms with E-state index in [2.05, 4.69) is 10.1 Å². The molecule has 1 aromatic carbocycles. The van der Waals surface area contributed by atoms with E-state index in [9.17, 15) is 0 Å². The Morgan fingerprint density at radius 2 is 2.05 bits per heavy atom. The van der Waals surface area contributed by atoms with Gasteiger partial charge in [-0.1, -0.05) is 31.1 Å². The topological polar surface area (TPSA) is 74.2 Å². The van der Waals surface area contributed by atoms with E-state index in [4.69, 9.17) is 15.0 Å². The Morgan fingerprint density at radius 1 is 1.30 bits per heavy atom. The smallest absolute Gasteiger partial charge is 0.264 e. The normalized spacial score (nSPS) is 12.7. The molecule has 0 aliphatic heterocycles. The summed E-state index contributed by atoms with van der Waals surface area (Å²) < 4.78 is 10.9. The first-order chi connectivity index (χ1) is 9.47. The summed E-state index contributed by atoms with van der Waals surface area (Å²) in [5.74, 6) is 2.18. The van der Waals surface area contributed by atoms with E-state index in [1.807, 2.05) is 45.9 Å². The molecule has 2 N–H and O–H groups in total. The van der Waals surface area contributed by atoms with Crippen molar-refractivity contribution in [1.29, 1.82) is 0 Å². The number of aromatic nitrogens is 2. The summed E-state index contributed by atoms with van der Waals surface area (Å²) in [7, 11) is 0. The summed E-state index contributed by atoms with van der Waals surface area (Å²) in [4.78, 5) is 4.29. The third-order valence-corrected chi connectivity index (χ3v) is 3.01. The number of rotatable bonds is 5. The average molecular weight is 275 g/mol. The summed E-state index contributed by atoms with van der Waals surface area (Å²) in [5, 5.41) is 3.91. The molecule has 0 aliphatic rings. The molecule has 0 aliphatic carbocycles. The van der Waals surface area contributed by atoms with Crippen molar-refractivity contribution in [2.24, 2.45) is 5.73 Å². The van der Waals surface area contributed by atoms with Crippen LogP contribution in [0.2, 0.25) is 0 Å². The molecule has 108 valence electrons. The number of nitrogens with zero attached hydrogens (tertiary/aromatic N) is 2. The lowest BCUT2D eigenvalue weighted by atomic mass is 10.1. The van der Waals surface area contributed by atoms with Crippen LogP contribution in [0, 0.1) is 6.92 Å². The van der Waals surface area contributed by atoms with Gasteiger partial charge < -0.3 is 15.0 Å². The van der Waals surface area contributed by atoms with Gasteiger partial charge in [0.15, 0.2) is 12.4 Å². The number of aryl methyl sites for hydroxylation is 1. The molecular formula is C15H21N3O2. The maximum atomic E-state index is 5.95. The standard InChI is InChI=1S/C15H21N3O2/c1-9(2)15-17-14(20-18-15)8-19-13-7-10(3)5-6-12(13)11(4)16/h5-7,9,11H,8,16H2,1-4H3/t11-/m0/s1. The number of benzene rings is 1. The van der Waals surface area contributed by atoms with E-state index < -0.39 is 0 Å². The van der Waals surface area contributed by atoms with Gasteiger partial charge in [0.1, 0.15) is 5.75 Å². The van der Waals surface area contributed by atoms with Crippen molar-refractivity contribution in [2.75, 3.05) is 0 Å². The highest BCUT2D eigenvalue weighted by Gasteiger charge is 2.12. The van der Waals surface area contributed by atoms with Gasteiger partial charge in [-0.2, -0.15) is 4.98 Å².